The fourth-order valence-corrected chi connectivity index (χ4v) is 2.78. The van der Waals surface area contributed by atoms with Crippen molar-refractivity contribution in [3.8, 4) is 0 Å². The second-order valence-corrected chi connectivity index (χ2v) is 5.79. The molecule has 0 saturated carbocycles. The molecule has 1 aliphatic rings. The van der Waals surface area contributed by atoms with Crippen LogP contribution in [-0.4, -0.2) is 28.3 Å². The van der Waals surface area contributed by atoms with Gasteiger partial charge in [-0.2, -0.15) is 4.98 Å². The van der Waals surface area contributed by atoms with E-state index < -0.39 is 0 Å². The van der Waals surface area contributed by atoms with Crippen molar-refractivity contribution in [1.29, 1.82) is 0 Å². The van der Waals surface area contributed by atoms with Crippen molar-refractivity contribution in [2.24, 2.45) is 0 Å². The Balaban J connectivity index is 1.81. The van der Waals surface area contributed by atoms with Crippen LogP contribution in [0.15, 0.2) is 23.0 Å². The number of aromatic nitrogens is 3. The molecule has 0 radical (unpaired) electrons. The first kappa shape index (κ1) is 15.4. The lowest BCUT2D eigenvalue weighted by atomic mass is 9.89. The van der Waals surface area contributed by atoms with E-state index in [-0.39, 0.29) is 5.54 Å². The first-order valence-corrected chi connectivity index (χ1v) is 7.85. The van der Waals surface area contributed by atoms with E-state index in [1.807, 2.05) is 13.0 Å². The van der Waals surface area contributed by atoms with Crippen molar-refractivity contribution in [1.82, 2.24) is 20.4 Å². The molecule has 0 unspecified atom stereocenters. The zero-order valence-electron chi connectivity index (χ0n) is 12.5. The summed E-state index contributed by atoms with van der Waals surface area (Å²) < 4.78 is 11.0. The number of nitrogens with zero attached hydrogens (tertiary/aromatic N) is 3. The third kappa shape index (κ3) is 3.14. The van der Waals surface area contributed by atoms with Gasteiger partial charge in [0.25, 0.3) is 0 Å². The summed E-state index contributed by atoms with van der Waals surface area (Å²) in [6, 6.07) is 1.91. The Hall–Kier alpha value is -1.50. The van der Waals surface area contributed by atoms with Crippen LogP contribution in [0.25, 0.3) is 0 Å². The van der Waals surface area contributed by atoms with E-state index in [2.05, 4.69) is 20.4 Å². The number of aryl methyl sites for hydroxylation is 1. The Bertz CT molecular complexity index is 626. The zero-order chi connectivity index (χ0) is 15.4. The molecular formula is C15H19ClN4O2. The molecule has 2 aromatic rings. The summed E-state index contributed by atoms with van der Waals surface area (Å²) in [5.41, 5.74) is 0.642. The van der Waals surface area contributed by atoms with Crippen LogP contribution in [0.1, 0.15) is 37.0 Å². The maximum atomic E-state index is 6.18. The second-order valence-electron chi connectivity index (χ2n) is 5.38. The third-order valence-corrected chi connectivity index (χ3v) is 4.35. The van der Waals surface area contributed by atoms with Gasteiger partial charge in [-0.05, 0) is 24.5 Å². The van der Waals surface area contributed by atoms with Crippen LogP contribution in [0.4, 0.5) is 0 Å². The van der Waals surface area contributed by atoms with E-state index >= 15 is 0 Å². The molecule has 6 nitrogen and oxygen atoms in total. The highest BCUT2D eigenvalue weighted by atomic mass is 35.5. The molecule has 7 heteroatoms. The first-order valence-electron chi connectivity index (χ1n) is 7.48. The lowest BCUT2D eigenvalue weighted by Gasteiger charge is -2.35. The number of nitrogens with one attached hydrogen (secondary N) is 1. The normalized spacial score (nSPS) is 17.5. The monoisotopic (exact) mass is 322 g/mol. The topological polar surface area (TPSA) is 73.1 Å². The smallest absolute Gasteiger partial charge is 0.247 e. The van der Waals surface area contributed by atoms with E-state index in [1.165, 1.54) is 0 Å². The number of rotatable bonds is 5. The molecule has 1 N–H and O–H groups in total. The molecule has 3 rings (SSSR count). The highest BCUT2D eigenvalue weighted by Crippen LogP contribution is 2.32. The van der Waals surface area contributed by atoms with Gasteiger partial charge in [0.15, 0.2) is 5.82 Å². The van der Waals surface area contributed by atoms with Crippen LogP contribution in [-0.2, 0) is 23.2 Å². The lowest BCUT2D eigenvalue weighted by Crippen LogP contribution is -2.46. The standard InChI is InChI=1S/C15H19ClN4O2/c1-2-13-19-14(22-20-13)15(4-7-21-8-5-15)18-9-11-3-6-17-10-12(11)16/h3,6,10,18H,2,4-5,7-9H2,1H3. The van der Waals surface area contributed by atoms with E-state index in [0.717, 1.165) is 30.7 Å². The summed E-state index contributed by atoms with van der Waals surface area (Å²) in [6.45, 7) is 3.96. The molecule has 0 spiro atoms. The maximum absolute atomic E-state index is 6.18. The van der Waals surface area contributed by atoms with Crippen LogP contribution in [0, 0.1) is 0 Å². The van der Waals surface area contributed by atoms with Crippen molar-refractivity contribution < 1.29 is 9.26 Å². The molecule has 0 amide bonds. The summed E-state index contributed by atoms with van der Waals surface area (Å²) >= 11 is 6.18. The van der Waals surface area contributed by atoms with Crippen LogP contribution in [0.2, 0.25) is 5.02 Å². The zero-order valence-corrected chi connectivity index (χ0v) is 13.3. The summed E-state index contributed by atoms with van der Waals surface area (Å²) in [5.74, 6) is 1.36. The van der Waals surface area contributed by atoms with E-state index in [1.54, 1.807) is 12.4 Å². The fourth-order valence-electron chi connectivity index (χ4n) is 2.59. The number of hydrogen-bond donors (Lipinski definition) is 1. The molecule has 0 atom stereocenters. The van der Waals surface area contributed by atoms with Crippen molar-refractivity contribution in [2.75, 3.05) is 13.2 Å². The van der Waals surface area contributed by atoms with Gasteiger partial charge in [-0.3, -0.25) is 10.3 Å². The molecule has 1 saturated heterocycles. The van der Waals surface area contributed by atoms with Crippen molar-refractivity contribution in [3.05, 3.63) is 40.8 Å². The molecular weight excluding hydrogens is 304 g/mol. The van der Waals surface area contributed by atoms with E-state index in [0.29, 0.717) is 30.7 Å². The minimum atomic E-state index is -0.356. The molecule has 22 heavy (non-hydrogen) atoms. The van der Waals surface area contributed by atoms with Gasteiger partial charge in [0.05, 0.1) is 5.02 Å². The van der Waals surface area contributed by atoms with Crippen molar-refractivity contribution in [3.63, 3.8) is 0 Å². The second kappa shape index (κ2) is 6.73. The first-order chi connectivity index (χ1) is 10.7. The minimum Gasteiger partial charge on any atom is -0.381 e. The Labute approximate surface area is 134 Å². The van der Waals surface area contributed by atoms with Gasteiger partial charge in [-0.15, -0.1) is 0 Å². The van der Waals surface area contributed by atoms with Gasteiger partial charge in [-0.1, -0.05) is 23.7 Å². The number of ether oxygens (including phenoxy) is 1. The Kier molecular flexibility index (Phi) is 4.71. The average molecular weight is 323 g/mol. The molecule has 2 aromatic heterocycles. The Morgan fingerprint density at radius 1 is 1.36 bits per heavy atom. The maximum Gasteiger partial charge on any atom is 0.247 e. The third-order valence-electron chi connectivity index (χ3n) is 4.01. The predicted octanol–water partition coefficient (Wildman–Crippen LogP) is 2.48. The lowest BCUT2D eigenvalue weighted by molar-refractivity contribution is 0.0218. The minimum absolute atomic E-state index is 0.356. The molecule has 0 aliphatic carbocycles. The van der Waals surface area contributed by atoms with Crippen LogP contribution in [0.3, 0.4) is 0 Å². The summed E-state index contributed by atoms with van der Waals surface area (Å²) in [6.07, 6.45) is 5.73. The van der Waals surface area contributed by atoms with Gasteiger partial charge in [0.2, 0.25) is 5.89 Å². The Morgan fingerprint density at radius 2 is 2.18 bits per heavy atom. The average Bonchev–Trinajstić information content (AvgIpc) is 3.05. The molecule has 0 aromatic carbocycles. The summed E-state index contributed by atoms with van der Waals surface area (Å²) in [5, 5.41) is 8.23. The number of halogens is 1. The van der Waals surface area contributed by atoms with E-state index in [9.17, 15) is 0 Å². The van der Waals surface area contributed by atoms with Gasteiger partial charge < -0.3 is 9.26 Å². The van der Waals surface area contributed by atoms with Gasteiger partial charge in [-0.25, -0.2) is 0 Å². The summed E-state index contributed by atoms with van der Waals surface area (Å²) in [4.78, 5) is 8.53. The van der Waals surface area contributed by atoms with Gasteiger partial charge in [0.1, 0.15) is 5.54 Å². The molecule has 3 heterocycles. The predicted molar refractivity (Wildman–Crippen MR) is 81.5 cm³/mol. The van der Waals surface area contributed by atoms with E-state index in [4.69, 9.17) is 20.9 Å². The quantitative estimate of drug-likeness (QED) is 0.911. The molecule has 1 fully saturated rings. The SMILES string of the molecule is CCc1noc(C2(NCc3ccncc3Cl)CCOCC2)n1. The van der Waals surface area contributed by atoms with Gasteiger partial charge >= 0.3 is 0 Å². The number of pyridine rings is 1. The highest BCUT2D eigenvalue weighted by Gasteiger charge is 2.39. The van der Waals surface area contributed by atoms with Crippen molar-refractivity contribution >= 4 is 11.6 Å². The van der Waals surface area contributed by atoms with Crippen LogP contribution in [0.5, 0.6) is 0 Å². The van der Waals surface area contributed by atoms with Gasteiger partial charge in [0, 0.05) is 38.6 Å². The molecule has 0 bridgehead atoms. The highest BCUT2D eigenvalue weighted by molar-refractivity contribution is 6.31. The largest absolute Gasteiger partial charge is 0.381 e. The summed E-state index contributed by atoms with van der Waals surface area (Å²) in [7, 11) is 0. The van der Waals surface area contributed by atoms with Crippen LogP contribution >= 0.6 is 11.6 Å². The van der Waals surface area contributed by atoms with Crippen molar-refractivity contribution in [2.45, 2.75) is 38.3 Å². The number of hydrogen-bond acceptors (Lipinski definition) is 6. The molecule has 1 aliphatic heterocycles. The van der Waals surface area contributed by atoms with Crippen LogP contribution < -0.4 is 5.32 Å². The Morgan fingerprint density at radius 3 is 2.86 bits per heavy atom. The fraction of sp³-hybridized carbons (Fsp3) is 0.533. The molecule has 118 valence electrons.